The zero-order valence-electron chi connectivity index (χ0n) is 15.6. The maximum atomic E-state index is 6.08. The smallest absolute Gasteiger partial charge is 0.0737 e. The number of benzene rings is 2. The van der Waals surface area contributed by atoms with E-state index in [9.17, 15) is 0 Å². The van der Waals surface area contributed by atoms with Gasteiger partial charge in [0.2, 0.25) is 0 Å². The Balaban J connectivity index is 1.32. The van der Waals surface area contributed by atoms with Crippen molar-refractivity contribution < 1.29 is 0 Å². The zero-order chi connectivity index (χ0) is 18.5. The fourth-order valence-electron chi connectivity index (χ4n) is 3.54. The number of nitrogens with zero attached hydrogens (tertiary/aromatic N) is 2. The minimum Gasteiger partial charge on any atom is -0.384 e. The first kappa shape index (κ1) is 18.3. The number of halogens is 1. The summed E-state index contributed by atoms with van der Waals surface area (Å²) in [7, 11) is 0. The zero-order valence-corrected chi connectivity index (χ0v) is 16.3. The molecule has 140 valence electrons. The average molecular weight is 380 g/mol. The van der Waals surface area contributed by atoms with Gasteiger partial charge >= 0.3 is 0 Å². The van der Waals surface area contributed by atoms with Gasteiger partial charge in [0.05, 0.1) is 5.52 Å². The van der Waals surface area contributed by atoms with Crippen LogP contribution in [-0.4, -0.2) is 29.5 Å². The highest BCUT2D eigenvalue weighted by atomic mass is 35.5. The van der Waals surface area contributed by atoms with Crippen LogP contribution in [0.1, 0.15) is 24.8 Å². The fraction of sp³-hybridized carbons (Fsp3) is 0.348. The molecule has 0 saturated heterocycles. The van der Waals surface area contributed by atoms with Gasteiger partial charge in [0, 0.05) is 48.5 Å². The van der Waals surface area contributed by atoms with E-state index in [0.717, 1.165) is 53.6 Å². The molecule has 0 amide bonds. The number of hydrogen-bond acceptors (Lipinski definition) is 3. The van der Waals surface area contributed by atoms with E-state index >= 15 is 0 Å². The molecule has 0 radical (unpaired) electrons. The highest BCUT2D eigenvalue weighted by molar-refractivity contribution is 6.31. The molecule has 4 heteroatoms. The van der Waals surface area contributed by atoms with Crippen molar-refractivity contribution in [2.45, 2.75) is 25.8 Å². The van der Waals surface area contributed by atoms with Crippen LogP contribution in [0, 0.1) is 5.92 Å². The highest BCUT2D eigenvalue weighted by Gasteiger charge is 2.24. The summed E-state index contributed by atoms with van der Waals surface area (Å²) in [6.07, 6.45) is 5.76. The summed E-state index contributed by atoms with van der Waals surface area (Å²) in [5, 5.41) is 5.44. The molecule has 1 aliphatic carbocycles. The molecule has 1 fully saturated rings. The summed E-state index contributed by atoms with van der Waals surface area (Å²) in [5.74, 6) is 0.913. The van der Waals surface area contributed by atoms with E-state index in [1.54, 1.807) is 0 Å². The summed E-state index contributed by atoms with van der Waals surface area (Å²) in [6, 6.07) is 18.7. The minimum atomic E-state index is 0.726. The molecule has 1 aliphatic rings. The van der Waals surface area contributed by atoms with E-state index in [-0.39, 0.29) is 0 Å². The van der Waals surface area contributed by atoms with Gasteiger partial charge in [-0.15, -0.1) is 0 Å². The highest BCUT2D eigenvalue weighted by Crippen LogP contribution is 2.30. The molecule has 1 aromatic heterocycles. The Morgan fingerprint density at radius 1 is 1.07 bits per heavy atom. The van der Waals surface area contributed by atoms with Gasteiger partial charge < -0.3 is 5.32 Å². The third kappa shape index (κ3) is 5.21. The van der Waals surface area contributed by atoms with Crippen molar-refractivity contribution in [2.75, 3.05) is 25.0 Å². The largest absolute Gasteiger partial charge is 0.384 e. The minimum absolute atomic E-state index is 0.726. The molecular weight excluding hydrogens is 354 g/mol. The Morgan fingerprint density at radius 2 is 1.93 bits per heavy atom. The van der Waals surface area contributed by atoms with Crippen LogP contribution < -0.4 is 5.32 Å². The van der Waals surface area contributed by atoms with Gasteiger partial charge in [0.15, 0.2) is 0 Å². The third-order valence-corrected chi connectivity index (χ3v) is 5.37. The number of aromatic nitrogens is 1. The predicted molar refractivity (Wildman–Crippen MR) is 114 cm³/mol. The van der Waals surface area contributed by atoms with Crippen molar-refractivity contribution >= 4 is 28.2 Å². The van der Waals surface area contributed by atoms with Crippen LogP contribution in [0.25, 0.3) is 10.9 Å². The first-order chi connectivity index (χ1) is 13.3. The number of anilines is 1. The van der Waals surface area contributed by atoms with Crippen molar-refractivity contribution in [1.29, 1.82) is 0 Å². The van der Waals surface area contributed by atoms with Gasteiger partial charge in [-0.05, 0) is 55.0 Å². The van der Waals surface area contributed by atoms with Crippen molar-refractivity contribution in [3.05, 3.63) is 71.4 Å². The lowest BCUT2D eigenvalue weighted by molar-refractivity contribution is 0.254. The molecule has 3 aromatic rings. The number of rotatable bonds is 9. The van der Waals surface area contributed by atoms with E-state index in [0.29, 0.717) is 0 Å². The van der Waals surface area contributed by atoms with E-state index < -0.39 is 0 Å². The molecule has 0 bridgehead atoms. The second-order valence-corrected chi connectivity index (χ2v) is 7.90. The standard InChI is InChI=1S/C23H26ClN3/c24-20-9-10-21-22(11-13-26-23(21)15-20)25-12-4-14-27(17-19-7-8-19)16-18-5-2-1-3-6-18/h1-3,5-6,9-11,13,15,19H,4,7-8,12,14,16-17H2,(H,25,26). The van der Waals surface area contributed by atoms with Crippen LogP contribution in [0.15, 0.2) is 60.8 Å². The lowest BCUT2D eigenvalue weighted by Crippen LogP contribution is -2.28. The molecule has 0 spiro atoms. The lowest BCUT2D eigenvalue weighted by Gasteiger charge is -2.22. The van der Waals surface area contributed by atoms with Crippen LogP contribution in [0.4, 0.5) is 5.69 Å². The van der Waals surface area contributed by atoms with Crippen LogP contribution >= 0.6 is 11.6 Å². The molecule has 0 unspecified atom stereocenters. The average Bonchev–Trinajstić information content (AvgIpc) is 3.49. The Labute approximate surface area is 166 Å². The van der Waals surface area contributed by atoms with Crippen molar-refractivity contribution in [1.82, 2.24) is 9.88 Å². The Morgan fingerprint density at radius 3 is 2.74 bits per heavy atom. The fourth-order valence-corrected chi connectivity index (χ4v) is 3.71. The van der Waals surface area contributed by atoms with E-state index in [4.69, 9.17) is 11.6 Å². The van der Waals surface area contributed by atoms with Gasteiger partial charge in [-0.25, -0.2) is 0 Å². The Bertz CT molecular complexity index is 877. The van der Waals surface area contributed by atoms with E-state index in [1.165, 1.54) is 24.9 Å². The van der Waals surface area contributed by atoms with Crippen molar-refractivity contribution in [3.63, 3.8) is 0 Å². The third-order valence-electron chi connectivity index (χ3n) is 5.13. The molecule has 1 N–H and O–H groups in total. The van der Waals surface area contributed by atoms with E-state index in [1.807, 2.05) is 30.5 Å². The molecular formula is C23H26ClN3. The van der Waals surface area contributed by atoms with Crippen LogP contribution in [-0.2, 0) is 6.54 Å². The van der Waals surface area contributed by atoms with Crippen molar-refractivity contribution in [3.8, 4) is 0 Å². The van der Waals surface area contributed by atoms with E-state index in [2.05, 4.69) is 45.5 Å². The maximum absolute atomic E-state index is 6.08. The molecule has 0 aliphatic heterocycles. The number of pyridine rings is 1. The normalized spacial score (nSPS) is 14.0. The van der Waals surface area contributed by atoms with Gasteiger partial charge in [0.1, 0.15) is 0 Å². The summed E-state index contributed by atoms with van der Waals surface area (Å²) in [4.78, 5) is 7.02. The summed E-state index contributed by atoms with van der Waals surface area (Å²) in [6.45, 7) is 4.35. The predicted octanol–water partition coefficient (Wildman–Crippen LogP) is 5.60. The van der Waals surface area contributed by atoms with Gasteiger partial charge in [-0.1, -0.05) is 41.9 Å². The Hall–Kier alpha value is -2.10. The Kier molecular flexibility index (Phi) is 5.90. The van der Waals surface area contributed by atoms with Crippen LogP contribution in [0.3, 0.4) is 0 Å². The summed E-state index contributed by atoms with van der Waals surface area (Å²) < 4.78 is 0. The van der Waals surface area contributed by atoms with Crippen LogP contribution in [0.2, 0.25) is 5.02 Å². The molecule has 3 nitrogen and oxygen atoms in total. The van der Waals surface area contributed by atoms with Gasteiger partial charge in [-0.3, -0.25) is 9.88 Å². The number of fused-ring (bicyclic) bond motifs is 1. The lowest BCUT2D eigenvalue weighted by atomic mass is 10.2. The first-order valence-corrected chi connectivity index (χ1v) is 10.2. The first-order valence-electron chi connectivity index (χ1n) is 9.82. The molecule has 0 atom stereocenters. The second-order valence-electron chi connectivity index (χ2n) is 7.46. The monoisotopic (exact) mass is 379 g/mol. The van der Waals surface area contributed by atoms with Crippen LogP contribution in [0.5, 0.6) is 0 Å². The summed E-state index contributed by atoms with van der Waals surface area (Å²) in [5.41, 5.74) is 3.48. The molecule has 1 heterocycles. The molecule has 27 heavy (non-hydrogen) atoms. The number of nitrogens with one attached hydrogen (secondary N) is 1. The quantitative estimate of drug-likeness (QED) is 0.490. The number of hydrogen-bond donors (Lipinski definition) is 1. The maximum Gasteiger partial charge on any atom is 0.0737 e. The molecule has 1 saturated carbocycles. The SMILES string of the molecule is Clc1ccc2c(NCCCN(Cc3ccccc3)CC3CC3)ccnc2c1. The second kappa shape index (κ2) is 8.73. The molecule has 4 rings (SSSR count). The summed E-state index contributed by atoms with van der Waals surface area (Å²) >= 11 is 6.08. The molecule has 2 aromatic carbocycles. The topological polar surface area (TPSA) is 28.2 Å². The van der Waals surface area contributed by atoms with Gasteiger partial charge in [-0.2, -0.15) is 0 Å². The van der Waals surface area contributed by atoms with Gasteiger partial charge in [0.25, 0.3) is 0 Å². The van der Waals surface area contributed by atoms with Crippen molar-refractivity contribution in [2.24, 2.45) is 5.92 Å².